The molecule has 0 aliphatic heterocycles. The Morgan fingerprint density at radius 1 is 1.23 bits per heavy atom. The fraction of sp³-hybridized carbons (Fsp3) is 0.778. The molecule has 0 bridgehead atoms. The third kappa shape index (κ3) is 8.76. The summed E-state index contributed by atoms with van der Waals surface area (Å²) in [6, 6.07) is -0.708. The summed E-state index contributed by atoms with van der Waals surface area (Å²) in [4.78, 5) is 38.6. The van der Waals surface area contributed by atoms with Crippen molar-refractivity contribution in [1.82, 2.24) is 10.6 Å². The van der Waals surface area contributed by atoms with E-state index in [-0.39, 0.29) is 11.8 Å². The van der Waals surface area contributed by atoms with Crippen LogP contribution < -0.4 is 10.6 Å². The lowest BCUT2D eigenvalue weighted by Gasteiger charge is -2.20. The molecule has 1 aliphatic rings. The van der Waals surface area contributed by atoms with Crippen molar-refractivity contribution in [3.05, 3.63) is 5.53 Å². The van der Waals surface area contributed by atoms with Crippen molar-refractivity contribution in [2.75, 3.05) is 6.54 Å². The Morgan fingerprint density at radius 2 is 1.88 bits per heavy atom. The maximum Gasteiger partial charge on any atom is 0.407 e. The van der Waals surface area contributed by atoms with Crippen molar-refractivity contribution in [3.63, 3.8) is 0 Å². The highest BCUT2D eigenvalue weighted by Crippen LogP contribution is 2.24. The molecule has 1 fully saturated rings. The molecule has 1 rings (SSSR count). The molecule has 0 aromatic carbocycles. The minimum Gasteiger partial charge on any atom is -0.444 e. The Morgan fingerprint density at radius 3 is 2.46 bits per heavy atom. The summed E-state index contributed by atoms with van der Waals surface area (Å²) in [6.07, 6.45) is 5.77. The van der Waals surface area contributed by atoms with Gasteiger partial charge in [-0.05, 0) is 52.9 Å². The number of rotatable bonds is 9. The molecule has 1 atom stereocenters. The molecule has 1 saturated carbocycles. The quantitative estimate of drug-likeness (QED) is 0.281. The van der Waals surface area contributed by atoms with Crippen LogP contribution in [-0.2, 0) is 14.3 Å². The number of nitrogens with one attached hydrogen (secondary N) is 2. The second-order valence-corrected chi connectivity index (χ2v) is 7.61. The van der Waals surface area contributed by atoms with Crippen molar-refractivity contribution in [2.45, 2.75) is 77.4 Å². The van der Waals surface area contributed by atoms with Gasteiger partial charge in [0.15, 0.2) is 0 Å². The molecule has 1 aliphatic carbocycles. The second-order valence-electron chi connectivity index (χ2n) is 7.61. The number of Topliss-reactive ketones (excluding diaryl/α,β-unsaturated/α-hetero) is 1. The van der Waals surface area contributed by atoms with Crippen LogP contribution in [0.3, 0.4) is 0 Å². The lowest BCUT2D eigenvalue weighted by atomic mass is 10.0. The van der Waals surface area contributed by atoms with Gasteiger partial charge < -0.3 is 20.9 Å². The van der Waals surface area contributed by atoms with E-state index in [9.17, 15) is 14.4 Å². The van der Waals surface area contributed by atoms with Gasteiger partial charge in [0.2, 0.25) is 5.91 Å². The smallest absolute Gasteiger partial charge is 0.407 e. The number of amides is 2. The van der Waals surface area contributed by atoms with E-state index >= 15 is 0 Å². The van der Waals surface area contributed by atoms with Gasteiger partial charge in [-0.2, -0.15) is 4.79 Å². The summed E-state index contributed by atoms with van der Waals surface area (Å²) < 4.78 is 5.14. The van der Waals surface area contributed by atoms with Gasteiger partial charge in [0, 0.05) is 12.5 Å². The molecule has 2 amide bonds. The number of carbonyl (C=O) groups is 3. The average Bonchev–Trinajstić information content (AvgIpc) is 3.06. The zero-order chi connectivity index (χ0) is 19.6. The molecule has 0 spiro atoms. The molecular formula is C18H30N4O4. The Hall–Kier alpha value is -2.21. The molecule has 8 heteroatoms. The summed E-state index contributed by atoms with van der Waals surface area (Å²) in [7, 11) is 0. The van der Waals surface area contributed by atoms with Crippen molar-refractivity contribution in [1.29, 1.82) is 0 Å². The standard InChI is InChI=1S/C18H30N4O4/c1-18(2,3)26-17(25)20-11-7-6-10-14(15(23)12-21-19)22-16(24)13-8-4-5-9-13/h12-14H,4-11H2,1-3H3,(H,20,25)(H,22,24). The largest absolute Gasteiger partial charge is 0.444 e. The molecule has 0 radical (unpaired) electrons. The molecule has 2 N–H and O–H groups in total. The van der Waals surface area contributed by atoms with E-state index in [1.807, 2.05) is 0 Å². The summed E-state index contributed by atoms with van der Waals surface area (Å²) in [6.45, 7) is 5.79. The summed E-state index contributed by atoms with van der Waals surface area (Å²) in [5.74, 6) is -0.580. The number of ketones is 1. The molecule has 8 nitrogen and oxygen atoms in total. The predicted octanol–water partition coefficient (Wildman–Crippen LogP) is 2.23. The fourth-order valence-corrected chi connectivity index (χ4v) is 2.89. The Bertz CT molecular complexity index is 544. The second kappa shape index (κ2) is 10.7. The van der Waals surface area contributed by atoms with Crippen LogP contribution in [0.2, 0.25) is 0 Å². The van der Waals surface area contributed by atoms with Crippen LogP contribution in [-0.4, -0.2) is 47.0 Å². The molecule has 0 heterocycles. The van der Waals surface area contributed by atoms with Crippen LogP contribution in [0.1, 0.15) is 65.7 Å². The lowest BCUT2D eigenvalue weighted by molar-refractivity contribution is -0.129. The first kappa shape index (κ1) is 21.8. The molecule has 0 aromatic rings. The number of unbranched alkanes of at least 4 members (excludes halogenated alkanes) is 1. The van der Waals surface area contributed by atoms with Crippen LogP contribution >= 0.6 is 0 Å². The van der Waals surface area contributed by atoms with Gasteiger partial charge in [-0.25, -0.2) is 4.79 Å². The van der Waals surface area contributed by atoms with Crippen molar-refractivity contribution in [3.8, 4) is 0 Å². The van der Waals surface area contributed by atoms with E-state index in [4.69, 9.17) is 10.3 Å². The van der Waals surface area contributed by atoms with Gasteiger partial charge in [-0.1, -0.05) is 12.8 Å². The normalized spacial score (nSPS) is 15.7. The summed E-state index contributed by atoms with van der Waals surface area (Å²) >= 11 is 0. The topological polar surface area (TPSA) is 121 Å². The third-order valence-electron chi connectivity index (χ3n) is 4.16. The number of hydrogen-bond donors (Lipinski definition) is 2. The monoisotopic (exact) mass is 366 g/mol. The number of hydrogen-bond acceptors (Lipinski definition) is 4. The Labute approximate surface area is 154 Å². The summed E-state index contributed by atoms with van der Waals surface area (Å²) in [5, 5.41) is 5.42. The Kier molecular flexibility index (Phi) is 8.99. The SMILES string of the molecule is CC(C)(C)OC(=O)NCCCCC(NC(=O)C1CCCC1)C(=O)C=[N+]=[N-]. The van der Waals surface area contributed by atoms with Crippen molar-refractivity contribution < 1.29 is 23.9 Å². The third-order valence-corrected chi connectivity index (χ3v) is 4.16. The van der Waals surface area contributed by atoms with Crippen LogP contribution in [0.4, 0.5) is 4.79 Å². The van der Waals surface area contributed by atoms with Gasteiger partial charge in [0.1, 0.15) is 5.60 Å². The van der Waals surface area contributed by atoms with Crippen molar-refractivity contribution in [2.24, 2.45) is 5.92 Å². The van der Waals surface area contributed by atoms with E-state index in [1.165, 1.54) is 0 Å². The average molecular weight is 366 g/mol. The molecule has 146 valence electrons. The highest BCUT2D eigenvalue weighted by molar-refractivity contribution is 6.28. The molecular weight excluding hydrogens is 336 g/mol. The van der Waals surface area contributed by atoms with Crippen LogP contribution in [0.5, 0.6) is 0 Å². The maximum absolute atomic E-state index is 12.2. The highest BCUT2D eigenvalue weighted by atomic mass is 16.6. The van der Waals surface area contributed by atoms with E-state index in [1.54, 1.807) is 20.8 Å². The minimum absolute atomic E-state index is 0.0369. The lowest BCUT2D eigenvalue weighted by Crippen LogP contribution is -2.44. The number of nitrogens with zero attached hydrogens (tertiary/aromatic N) is 2. The van der Waals surface area contributed by atoms with Gasteiger partial charge in [-0.3, -0.25) is 9.59 Å². The van der Waals surface area contributed by atoms with E-state index in [0.717, 1.165) is 31.9 Å². The zero-order valence-corrected chi connectivity index (χ0v) is 15.9. The zero-order valence-electron chi connectivity index (χ0n) is 15.9. The first-order valence-electron chi connectivity index (χ1n) is 9.21. The van der Waals surface area contributed by atoms with E-state index in [2.05, 4.69) is 15.4 Å². The van der Waals surface area contributed by atoms with Crippen molar-refractivity contribution >= 4 is 24.0 Å². The van der Waals surface area contributed by atoms with Crippen LogP contribution in [0.25, 0.3) is 5.53 Å². The van der Waals surface area contributed by atoms with E-state index < -0.39 is 23.5 Å². The Balaban J connectivity index is 2.38. The van der Waals surface area contributed by atoms with Gasteiger partial charge >= 0.3 is 12.3 Å². The predicted molar refractivity (Wildman–Crippen MR) is 96.7 cm³/mol. The number of carbonyl (C=O) groups excluding carboxylic acids is 3. The molecule has 1 unspecified atom stereocenters. The van der Waals surface area contributed by atoms with E-state index in [0.29, 0.717) is 25.8 Å². The number of ether oxygens (including phenoxy) is 1. The molecule has 26 heavy (non-hydrogen) atoms. The number of alkyl carbamates (subject to hydrolysis) is 1. The minimum atomic E-state index is -0.708. The highest BCUT2D eigenvalue weighted by Gasteiger charge is 2.28. The first-order valence-corrected chi connectivity index (χ1v) is 9.21. The van der Waals surface area contributed by atoms with Crippen LogP contribution in [0.15, 0.2) is 0 Å². The van der Waals surface area contributed by atoms with Gasteiger partial charge in [-0.15, -0.1) is 0 Å². The fourth-order valence-electron chi connectivity index (χ4n) is 2.89. The molecule has 0 saturated heterocycles. The first-order chi connectivity index (χ1) is 12.2. The maximum atomic E-state index is 12.2. The van der Waals surface area contributed by atoms with Gasteiger partial charge in [0.05, 0.1) is 6.04 Å². The van der Waals surface area contributed by atoms with Crippen LogP contribution in [0, 0.1) is 5.92 Å². The molecule has 0 aromatic heterocycles. The summed E-state index contributed by atoms with van der Waals surface area (Å²) in [5.41, 5.74) is 8.02. The van der Waals surface area contributed by atoms with Gasteiger partial charge in [0.25, 0.3) is 5.78 Å².